The zero-order valence-corrected chi connectivity index (χ0v) is 10.6. The Hall–Kier alpha value is -2.04. The molecule has 2 heterocycles. The molecule has 3 atom stereocenters. The fraction of sp³-hybridized carbons (Fsp3) is 0.357. The Labute approximate surface area is 111 Å². The molecule has 3 unspecified atom stereocenters. The van der Waals surface area contributed by atoms with Crippen molar-refractivity contribution >= 4 is 5.91 Å². The minimum absolute atomic E-state index is 0.0154. The van der Waals surface area contributed by atoms with Crippen LogP contribution in [0.2, 0.25) is 0 Å². The summed E-state index contributed by atoms with van der Waals surface area (Å²) in [5.41, 5.74) is 1.25. The molecular formula is C14H16FN3O. The molecule has 0 aromatic heterocycles. The highest BCUT2D eigenvalue weighted by molar-refractivity contribution is 5.89. The van der Waals surface area contributed by atoms with Gasteiger partial charge in [0.15, 0.2) is 6.30 Å². The summed E-state index contributed by atoms with van der Waals surface area (Å²) in [4.78, 5) is 11.5. The van der Waals surface area contributed by atoms with Gasteiger partial charge in [0.1, 0.15) is 0 Å². The monoisotopic (exact) mass is 261 g/mol. The molecule has 19 heavy (non-hydrogen) atoms. The summed E-state index contributed by atoms with van der Waals surface area (Å²) in [5.74, 6) is -0.0649. The number of nitrogens with one attached hydrogen (secondary N) is 3. The van der Waals surface area contributed by atoms with Crippen LogP contribution in [0.15, 0.2) is 47.9 Å². The zero-order chi connectivity index (χ0) is 13.5. The Morgan fingerprint density at radius 1 is 1.47 bits per heavy atom. The van der Waals surface area contributed by atoms with E-state index in [4.69, 9.17) is 0 Å². The van der Waals surface area contributed by atoms with E-state index in [1.807, 2.05) is 24.4 Å². The van der Waals surface area contributed by atoms with Crippen molar-refractivity contribution in [2.75, 3.05) is 6.54 Å². The molecule has 2 aliphatic heterocycles. The quantitative estimate of drug-likeness (QED) is 0.614. The maximum atomic E-state index is 13.5. The molecule has 1 amide bonds. The maximum Gasteiger partial charge on any atom is 0.246 e. The average Bonchev–Trinajstić information content (AvgIpc) is 2.67. The van der Waals surface area contributed by atoms with Crippen LogP contribution in [0.25, 0.3) is 0 Å². The second-order valence-electron chi connectivity index (χ2n) is 5.18. The SMILES string of the molecule is CC12C=CC(C3=CC(=O)NCC(F)N3)=CC1C=CN2. The van der Waals surface area contributed by atoms with Crippen molar-refractivity contribution in [1.29, 1.82) is 0 Å². The molecule has 0 saturated heterocycles. The van der Waals surface area contributed by atoms with Crippen molar-refractivity contribution < 1.29 is 9.18 Å². The average molecular weight is 261 g/mol. The summed E-state index contributed by atoms with van der Waals surface area (Å²) in [6, 6.07) is 0. The fourth-order valence-electron chi connectivity index (χ4n) is 2.51. The van der Waals surface area contributed by atoms with Gasteiger partial charge in [-0.15, -0.1) is 0 Å². The highest BCUT2D eigenvalue weighted by Crippen LogP contribution is 2.33. The van der Waals surface area contributed by atoms with E-state index in [-0.39, 0.29) is 23.9 Å². The van der Waals surface area contributed by atoms with Crippen molar-refractivity contribution in [2.45, 2.75) is 18.8 Å². The number of hydrogen-bond donors (Lipinski definition) is 3. The lowest BCUT2D eigenvalue weighted by atomic mass is 9.81. The van der Waals surface area contributed by atoms with Crippen LogP contribution in [0.4, 0.5) is 4.39 Å². The van der Waals surface area contributed by atoms with Gasteiger partial charge in [0, 0.05) is 17.7 Å². The largest absolute Gasteiger partial charge is 0.382 e. The van der Waals surface area contributed by atoms with Gasteiger partial charge in [0.25, 0.3) is 0 Å². The van der Waals surface area contributed by atoms with E-state index in [9.17, 15) is 9.18 Å². The summed E-state index contributed by atoms with van der Waals surface area (Å²) in [6.45, 7) is 2.08. The Kier molecular flexibility index (Phi) is 2.69. The Morgan fingerprint density at radius 2 is 2.32 bits per heavy atom. The molecule has 5 heteroatoms. The highest BCUT2D eigenvalue weighted by Gasteiger charge is 2.34. The lowest BCUT2D eigenvalue weighted by Crippen LogP contribution is -2.40. The van der Waals surface area contributed by atoms with E-state index in [0.717, 1.165) is 5.57 Å². The van der Waals surface area contributed by atoms with Gasteiger partial charge in [0.05, 0.1) is 12.1 Å². The van der Waals surface area contributed by atoms with Gasteiger partial charge in [-0.05, 0) is 18.7 Å². The van der Waals surface area contributed by atoms with Crippen molar-refractivity contribution in [3.63, 3.8) is 0 Å². The van der Waals surface area contributed by atoms with Crippen molar-refractivity contribution in [2.24, 2.45) is 5.92 Å². The van der Waals surface area contributed by atoms with E-state index in [1.165, 1.54) is 6.08 Å². The Morgan fingerprint density at radius 3 is 3.16 bits per heavy atom. The van der Waals surface area contributed by atoms with Crippen LogP contribution in [-0.2, 0) is 4.79 Å². The summed E-state index contributed by atoms with van der Waals surface area (Å²) in [6.07, 6.45) is 10.1. The normalized spacial score (nSPS) is 36.4. The molecule has 3 N–H and O–H groups in total. The zero-order valence-electron chi connectivity index (χ0n) is 10.6. The van der Waals surface area contributed by atoms with Gasteiger partial charge >= 0.3 is 0 Å². The first kappa shape index (κ1) is 12.0. The summed E-state index contributed by atoms with van der Waals surface area (Å²) in [7, 11) is 0. The predicted octanol–water partition coefficient (Wildman–Crippen LogP) is 0.873. The number of fused-ring (bicyclic) bond motifs is 1. The third-order valence-electron chi connectivity index (χ3n) is 3.71. The minimum atomic E-state index is -1.27. The van der Waals surface area contributed by atoms with Gasteiger partial charge in [-0.2, -0.15) is 0 Å². The van der Waals surface area contributed by atoms with Gasteiger partial charge in [-0.1, -0.05) is 24.3 Å². The summed E-state index contributed by atoms with van der Waals surface area (Å²) >= 11 is 0. The Bertz CT molecular complexity index is 535. The molecule has 0 aromatic carbocycles. The first-order chi connectivity index (χ1) is 9.07. The van der Waals surface area contributed by atoms with Gasteiger partial charge in [-0.3, -0.25) is 4.79 Å². The van der Waals surface area contributed by atoms with E-state index in [1.54, 1.807) is 0 Å². The number of carbonyl (C=O) groups is 1. The van der Waals surface area contributed by atoms with Crippen LogP contribution in [0, 0.1) is 5.92 Å². The van der Waals surface area contributed by atoms with Crippen LogP contribution < -0.4 is 16.0 Å². The van der Waals surface area contributed by atoms with Gasteiger partial charge < -0.3 is 16.0 Å². The molecule has 0 fully saturated rings. The first-order valence-electron chi connectivity index (χ1n) is 6.33. The smallest absolute Gasteiger partial charge is 0.246 e. The standard InChI is InChI=1S/C14H16FN3O/c1-14-4-2-9(6-10(14)3-5-17-14)11-7-13(19)16-8-12(15)18-11/h2-7,10,12,17-18H,8H2,1H3,(H,16,19). The highest BCUT2D eigenvalue weighted by atomic mass is 19.1. The van der Waals surface area contributed by atoms with Crippen molar-refractivity contribution in [3.05, 3.63) is 47.9 Å². The topological polar surface area (TPSA) is 53.2 Å². The lowest BCUT2D eigenvalue weighted by molar-refractivity contribution is -0.116. The predicted molar refractivity (Wildman–Crippen MR) is 70.5 cm³/mol. The molecule has 0 radical (unpaired) electrons. The number of alkyl halides is 1. The third-order valence-corrected chi connectivity index (χ3v) is 3.71. The second kappa shape index (κ2) is 4.26. The molecule has 0 spiro atoms. The van der Waals surface area contributed by atoms with Crippen LogP contribution >= 0.6 is 0 Å². The van der Waals surface area contributed by atoms with E-state index in [2.05, 4.69) is 29.0 Å². The van der Waals surface area contributed by atoms with Crippen LogP contribution in [0.1, 0.15) is 6.92 Å². The molecule has 0 aromatic rings. The summed E-state index contributed by atoms with van der Waals surface area (Å²) < 4.78 is 13.5. The maximum absolute atomic E-state index is 13.5. The molecule has 1 aliphatic carbocycles. The van der Waals surface area contributed by atoms with Crippen molar-refractivity contribution in [1.82, 2.24) is 16.0 Å². The molecule has 4 nitrogen and oxygen atoms in total. The Balaban J connectivity index is 1.90. The molecule has 3 rings (SSSR count). The van der Waals surface area contributed by atoms with E-state index >= 15 is 0 Å². The van der Waals surface area contributed by atoms with Gasteiger partial charge in [-0.25, -0.2) is 4.39 Å². The van der Waals surface area contributed by atoms with Gasteiger partial charge in [0.2, 0.25) is 5.91 Å². The first-order valence-corrected chi connectivity index (χ1v) is 6.33. The number of halogens is 1. The number of carbonyl (C=O) groups excluding carboxylic acids is 1. The number of rotatable bonds is 1. The molecule has 0 saturated carbocycles. The van der Waals surface area contributed by atoms with E-state index in [0.29, 0.717) is 5.70 Å². The van der Waals surface area contributed by atoms with Crippen LogP contribution in [0.3, 0.4) is 0 Å². The van der Waals surface area contributed by atoms with Crippen molar-refractivity contribution in [3.8, 4) is 0 Å². The second-order valence-corrected chi connectivity index (χ2v) is 5.18. The van der Waals surface area contributed by atoms with E-state index < -0.39 is 6.30 Å². The fourth-order valence-corrected chi connectivity index (χ4v) is 2.51. The van der Waals surface area contributed by atoms with Crippen LogP contribution in [0.5, 0.6) is 0 Å². The third kappa shape index (κ3) is 2.16. The molecular weight excluding hydrogens is 245 g/mol. The lowest BCUT2D eigenvalue weighted by Gasteiger charge is -2.31. The van der Waals surface area contributed by atoms with Crippen LogP contribution in [-0.4, -0.2) is 24.3 Å². The number of amides is 1. The summed E-state index contributed by atoms with van der Waals surface area (Å²) in [5, 5.41) is 8.49. The molecule has 3 aliphatic rings. The minimum Gasteiger partial charge on any atom is -0.382 e. The number of allylic oxidation sites excluding steroid dienone is 1. The number of hydrogen-bond acceptors (Lipinski definition) is 3. The molecule has 0 bridgehead atoms. The molecule has 100 valence electrons.